The molecule has 1 saturated heterocycles. The molecule has 0 bridgehead atoms. The van der Waals surface area contributed by atoms with Crippen LogP contribution in [0.2, 0.25) is 5.02 Å². The summed E-state index contributed by atoms with van der Waals surface area (Å²) in [5.74, 6) is -1.08. The maximum Gasteiger partial charge on any atom is 0.277 e. The predicted octanol–water partition coefficient (Wildman–Crippen LogP) is 2.20. The molecular weight excluding hydrogens is 335 g/mol. The first-order chi connectivity index (χ1) is 11.6. The average molecular weight is 349 g/mol. The van der Waals surface area contributed by atoms with Crippen molar-refractivity contribution in [2.24, 2.45) is 0 Å². The normalized spacial score (nSPS) is 16.0. The molecule has 0 N–H and O–H groups in total. The van der Waals surface area contributed by atoms with Crippen LogP contribution in [0.5, 0.6) is 0 Å². The van der Waals surface area contributed by atoms with Gasteiger partial charge in [0.05, 0.1) is 5.02 Å². The molecule has 124 valence electrons. The molecule has 0 unspecified atom stereocenters. The fraction of sp³-hybridized carbons (Fsp3) is 0.333. The van der Waals surface area contributed by atoms with Crippen molar-refractivity contribution < 1.29 is 9.18 Å². The number of halogens is 2. The number of imidazole rings is 1. The molecule has 0 spiro atoms. The highest BCUT2D eigenvalue weighted by Gasteiger charge is 2.28. The molecule has 3 aromatic heterocycles. The Hall–Kier alpha value is -2.48. The second kappa shape index (κ2) is 5.86. The number of aromatic nitrogens is 5. The number of amides is 1. The number of piperidine rings is 1. The summed E-state index contributed by atoms with van der Waals surface area (Å²) in [7, 11) is 0. The van der Waals surface area contributed by atoms with Crippen LogP contribution in [0.3, 0.4) is 0 Å². The SMILES string of the molecule is O=C(c1nc2ccc(Cl)cn2c1F)N1CCC(n2cnnc2)CC1. The van der Waals surface area contributed by atoms with Crippen LogP contribution in [-0.2, 0) is 0 Å². The first-order valence-corrected chi connectivity index (χ1v) is 7.98. The minimum Gasteiger partial charge on any atom is -0.337 e. The molecule has 3 aromatic rings. The number of carbonyl (C=O) groups is 1. The molecule has 24 heavy (non-hydrogen) atoms. The summed E-state index contributed by atoms with van der Waals surface area (Å²) in [6.07, 6.45) is 6.30. The minimum absolute atomic E-state index is 0.167. The van der Waals surface area contributed by atoms with E-state index in [1.165, 1.54) is 10.6 Å². The fourth-order valence-electron chi connectivity index (χ4n) is 3.04. The van der Waals surface area contributed by atoms with Gasteiger partial charge >= 0.3 is 0 Å². The molecule has 0 radical (unpaired) electrons. The summed E-state index contributed by atoms with van der Waals surface area (Å²) in [5, 5.41) is 7.98. The van der Waals surface area contributed by atoms with Crippen LogP contribution >= 0.6 is 11.6 Å². The van der Waals surface area contributed by atoms with E-state index in [1.807, 2.05) is 4.57 Å². The van der Waals surface area contributed by atoms with E-state index in [-0.39, 0.29) is 11.7 Å². The molecule has 0 saturated carbocycles. The Morgan fingerprint density at radius 2 is 1.92 bits per heavy atom. The van der Waals surface area contributed by atoms with Crippen LogP contribution in [0.4, 0.5) is 4.39 Å². The fourth-order valence-corrected chi connectivity index (χ4v) is 3.20. The summed E-state index contributed by atoms with van der Waals surface area (Å²) in [6.45, 7) is 1.07. The molecule has 4 rings (SSSR count). The smallest absolute Gasteiger partial charge is 0.277 e. The quantitative estimate of drug-likeness (QED) is 0.712. The van der Waals surface area contributed by atoms with Gasteiger partial charge in [0.2, 0.25) is 5.95 Å². The van der Waals surface area contributed by atoms with Gasteiger partial charge < -0.3 is 9.47 Å². The van der Waals surface area contributed by atoms with Gasteiger partial charge in [-0.05, 0) is 25.0 Å². The number of pyridine rings is 1. The molecule has 0 aromatic carbocycles. The number of hydrogen-bond acceptors (Lipinski definition) is 4. The summed E-state index contributed by atoms with van der Waals surface area (Å²) in [6, 6.07) is 3.46. The van der Waals surface area contributed by atoms with E-state index in [1.54, 1.807) is 29.7 Å². The number of rotatable bonds is 2. The maximum atomic E-state index is 14.5. The first kappa shape index (κ1) is 15.1. The summed E-state index contributed by atoms with van der Waals surface area (Å²) in [5.41, 5.74) is 0.194. The van der Waals surface area contributed by atoms with Crippen molar-refractivity contribution in [1.29, 1.82) is 0 Å². The number of hydrogen-bond donors (Lipinski definition) is 0. The van der Waals surface area contributed by atoms with Gasteiger partial charge in [-0.1, -0.05) is 11.6 Å². The number of fused-ring (bicyclic) bond motifs is 1. The number of nitrogens with zero attached hydrogens (tertiary/aromatic N) is 6. The summed E-state index contributed by atoms with van der Waals surface area (Å²) >= 11 is 5.87. The van der Waals surface area contributed by atoms with Crippen LogP contribution < -0.4 is 0 Å². The molecule has 1 aliphatic heterocycles. The van der Waals surface area contributed by atoms with Gasteiger partial charge in [0.15, 0.2) is 5.69 Å². The molecule has 1 aliphatic rings. The van der Waals surface area contributed by atoms with Crippen molar-refractivity contribution in [3.8, 4) is 0 Å². The van der Waals surface area contributed by atoms with E-state index in [0.717, 1.165) is 12.8 Å². The Bertz CT molecular complexity index is 885. The van der Waals surface area contributed by atoms with Gasteiger partial charge in [-0.25, -0.2) is 4.98 Å². The molecule has 9 heteroatoms. The third-order valence-corrected chi connectivity index (χ3v) is 4.56. The van der Waals surface area contributed by atoms with E-state index in [0.29, 0.717) is 23.8 Å². The Balaban J connectivity index is 1.53. The highest BCUT2D eigenvalue weighted by atomic mass is 35.5. The van der Waals surface area contributed by atoms with Crippen molar-refractivity contribution in [1.82, 2.24) is 29.0 Å². The van der Waals surface area contributed by atoms with E-state index in [4.69, 9.17) is 11.6 Å². The zero-order chi connectivity index (χ0) is 16.7. The summed E-state index contributed by atoms with van der Waals surface area (Å²) < 4.78 is 17.6. The van der Waals surface area contributed by atoms with Gasteiger partial charge in [-0.3, -0.25) is 9.20 Å². The van der Waals surface area contributed by atoms with E-state index < -0.39 is 11.9 Å². The topological polar surface area (TPSA) is 68.3 Å². The Kier molecular flexibility index (Phi) is 3.68. The van der Waals surface area contributed by atoms with Gasteiger partial charge in [0, 0.05) is 25.3 Å². The van der Waals surface area contributed by atoms with Gasteiger partial charge in [0.25, 0.3) is 5.91 Å². The molecule has 7 nitrogen and oxygen atoms in total. The second-order valence-corrected chi connectivity index (χ2v) is 6.20. The molecule has 0 atom stereocenters. The monoisotopic (exact) mass is 348 g/mol. The molecule has 0 aliphatic carbocycles. The standard InChI is InChI=1S/C15H14ClFN6O/c16-10-1-2-12-20-13(14(17)23(12)7-10)15(24)21-5-3-11(4-6-21)22-8-18-19-9-22/h1-2,7-9,11H,3-6H2. The highest BCUT2D eigenvalue weighted by Crippen LogP contribution is 2.24. The Morgan fingerprint density at radius 1 is 1.21 bits per heavy atom. The van der Waals surface area contributed by atoms with Crippen molar-refractivity contribution in [2.75, 3.05) is 13.1 Å². The van der Waals surface area contributed by atoms with Crippen molar-refractivity contribution >= 4 is 23.2 Å². The van der Waals surface area contributed by atoms with Crippen LogP contribution in [0.1, 0.15) is 29.4 Å². The second-order valence-electron chi connectivity index (χ2n) is 5.76. The highest BCUT2D eigenvalue weighted by molar-refractivity contribution is 6.30. The Morgan fingerprint density at radius 3 is 2.62 bits per heavy atom. The molecule has 1 amide bonds. The number of likely N-dealkylation sites (tertiary alicyclic amines) is 1. The molecular formula is C15H14ClFN6O. The zero-order valence-corrected chi connectivity index (χ0v) is 13.4. The predicted molar refractivity (Wildman–Crippen MR) is 84.4 cm³/mol. The van der Waals surface area contributed by atoms with Crippen LogP contribution in [0.25, 0.3) is 5.65 Å². The third-order valence-electron chi connectivity index (χ3n) is 4.34. The lowest BCUT2D eigenvalue weighted by Gasteiger charge is -2.31. The van der Waals surface area contributed by atoms with E-state index in [2.05, 4.69) is 15.2 Å². The van der Waals surface area contributed by atoms with Crippen LogP contribution in [0, 0.1) is 5.95 Å². The van der Waals surface area contributed by atoms with E-state index >= 15 is 0 Å². The van der Waals surface area contributed by atoms with Gasteiger partial charge in [0.1, 0.15) is 18.3 Å². The lowest BCUT2D eigenvalue weighted by Crippen LogP contribution is -2.39. The first-order valence-electron chi connectivity index (χ1n) is 7.60. The molecule has 4 heterocycles. The third kappa shape index (κ3) is 2.52. The largest absolute Gasteiger partial charge is 0.337 e. The van der Waals surface area contributed by atoms with Crippen LogP contribution in [-0.4, -0.2) is 48.0 Å². The maximum absolute atomic E-state index is 14.5. The van der Waals surface area contributed by atoms with Gasteiger partial charge in [-0.15, -0.1) is 10.2 Å². The molecule has 1 fully saturated rings. The van der Waals surface area contributed by atoms with Crippen LogP contribution in [0.15, 0.2) is 31.0 Å². The van der Waals surface area contributed by atoms with E-state index in [9.17, 15) is 9.18 Å². The minimum atomic E-state index is -0.682. The lowest BCUT2D eigenvalue weighted by molar-refractivity contribution is 0.0684. The van der Waals surface area contributed by atoms with Crippen molar-refractivity contribution in [3.05, 3.63) is 47.6 Å². The zero-order valence-electron chi connectivity index (χ0n) is 12.6. The Labute approximate surface area is 141 Å². The number of carbonyl (C=O) groups excluding carboxylic acids is 1. The van der Waals surface area contributed by atoms with Crippen molar-refractivity contribution in [2.45, 2.75) is 18.9 Å². The van der Waals surface area contributed by atoms with Crippen molar-refractivity contribution in [3.63, 3.8) is 0 Å². The lowest BCUT2D eigenvalue weighted by atomic mass is 10.0. The average Bonchev–Trinajstić information content (AvgIpc) is 3.24. The van der Waals surface area contributed by atoms with Gasteiger partial charge in [-0.2, -0.15) is 4.39 Å². The summed E-state index contributed by atoms with van der Waals surface area (Å²) in [4.78, 5) is 18.4.